The van der Waals surface area contributed by atoms with Gasteiger partial charge in [0.1, 0.15) is 23.1 Å². The van der Waals surface area contributed by atoms with Gasteiger partial charge in [-0.15, -0.1) is 10.2 Å². The Bertz CT molecular complexity index is 1180. The first-order valence-corrected chi connectivity index (χ1v) is 10.6. The number of rotatable bonds is 7. The van der Waals surface area contributed by atoms with Crippen LogP contribution in [0.3, 0.4) is 0 Å². The molecule has 1 aromatic heterocycles. The summed E-state index contributed by atoms with van der Waals surface area (Å²) in [6, 6.07) is 21.9. The van der Waals surface area contributed by atoms with Gasteiger partial charge in [0, 0.05) is 21.7 Å². The molecule has 31 heavy (non-hydrogen) atoms. The first-order chi connectivity index (χ1) is 15.1. The zero-order valence-electron chi connectivity index (χ0n) is 16.5. The molecule has 0 spiro atoms. The van der Waals surface area contributed by atoms with Gasteiger partial charge in [0.15, 0.2) is 0 Å². The fourth-order valence-corrected chi connectivity index (χ4v) is 3.71. The summed E-state index contributed by atoms with van der Waals surface area (Å²) in [6.07, 6.45) is 0. The van der Waals surface area contributed by atoms with Crippen molar-refractivity contribution in [3.8, 4) is 22.1 Å². The van der Waals surface area contributed by atoms with Crippen LogP contribution in [0, 0.1) is 0 Å². The Morgan fingerprint density at radius 1 is 0.968 bits per heavy atom. The monoisotopic (exact) mass is 451 g/mol. The van der Waals surface area contributed by atoms with Gasteiger partial charge in [0.05, 0.1) is 7.11 Å². The molecule has 1 amide bonds. The standard InChI is InChI=1S/C23H18ClN3O3S/c1-29-18-10-8-16(9-11-18)22-26-27-23(31-22)25-21(28)15-6-12-19(13-7-15)30-14-17-4-2-3-5-20(17)24/h2-13H,14H2,1H3,(H,25,27,28). The average molecular weight is 452 g/mol. The maximum absolute atomic E-state index is 12.5. The van der Waals surface area contributed by atoms with Crippen molar-refractivity contribution < 1.29 is 14.3 Å². The topological polar surface area (TPSA) is 73.3 Å². The van der Waals surface area contributed by atoms with Crippen LogP contribution < -0.4 is 14.8 Å². The molecule has 4 rings (SSSR count). The molecule has 0 aliphatic heterocycles. The fraction of sp³-hybridized carbons (Fsp3) is 0.0870. The van der Waals surface area contributed by atoms with Crippen LogP contribution >= 0.6 is 22.9 Å². The van der Waals surface area contributed by atoms with Gasteiger partial charge in [0.25, 0.3) is 5.91 Å². The van der Waals surface area contributed by atoms with E-state index in [1.165, 1.54) is 11.3 Å². The van der Waals surface area contributed by atoms with Crippen molar-refractivity contribution >= 4 is 34.0 Å². The lowest BCUT2D eigenvalue weighted by Crippen LogP contribution is -2.11. The second-order valence-electron chi connectivity index (χ2n) is 6.50. The second-order valence-corrected chi connectivity index (χ2v) is 7.88. The largest absolute Gasteiger partial charge is 0.497 e. The van der Waals surface area contributed by atoms with Crippen molar-refractivity contribution in [2.24, 2.45) is 0 Å². The zero-order valence-corrected chi connectivity index (χ0v) is 18.1. The van der Waals surface area contributed by atoms with E-state index in [0.29, 0.717) is 33.1 Å². The minimum Gasteiger partial charge on any atom is -0.497 e. The van der Waals surface area contributed by atoms with Gasteiger partial charge in [-0.25, -0.2) is 0 Å². The third-order valence-corrected chi connectivity index (χ3v) is 5.71. The van der Waals surface area contributed by atoms with Gasteiger partial charge in [-0.2, -0.15) is 0 Å². The van der Waals surface area contributed by atoms with E-state index in [2.05, 4.69) is 15.5 Å². The number of amides is 1. The Morgan fingerprint density at radius 2 is 1.68 bits per heavy atom. The van der Waals surface area contributed by atoms with Crippen molar-refractivity contribution in [3.05, 3.63) is 88.9 Å². The second kappa shape index (κ2) is 9.59. The SMILES string of the molecule is COc1ccc(-c2nnc(NC(=O)c3ccc(OCc4ccccc4Cl)cc3)s2)cc1. The molecule has 0 unspecified atom stereocenters. The number of ether oxygens (including phenoxy) is 2. The third kappa shape index (κ3) is 5.20. The molecule has 0 aliphatic rings. The lowest BCUT2D eigenvalue weighted by atomic mass is 10.2. The van der Waals surface area contributed by atoms with E-state index in [4.69, 9.17) is 21.1 Å². The van der Waals surface area contributed by atoms with E-state index >= 15 is 0 Å². The molecule has 4 aromatic rings. The van der Waals surface area contributed by atoms with Gasteiger partial charge < -0.3 is 9.47 Å². The Balaban J connectivity index is 1.36. The molecule has 0 saturated heterocycles. The first kappa shape index (κ1) is 20.8. The summed E-state index contributed by atoms with van der Waals surface area (Å²) in [5.74, 6) is 1.14. The van der Waals surface area contributed by atoms with Crippen LogP contribution in [0.4, 0.5) is 5.13 Å². The number of halogens is 1. The predicted molar refractivity (Wildman–Crippen MR) is 122 cm³/mol. The first-order valence-electron chi connectivity index (χ1n) is 9.38. The molecular weight excluding hydrogens is 434 g/mol. The Hall–Kier alpha value is -3.42. The highest BCUT2D eigenvalue weighted by atomic mass is 35.5. The number of carbonyl (C=O) groups excluding carboxylic acids is 1. The number of benzene rings is 3. The van der Waals surface area contributed by atoms with Gasteiger partial charge in [-0.3, -0.25) is 10.1 Å². The minimum atomic E-state index is -0.268. The number of nitrogens with one attached hydrogen (secondary N) is 1. The predicted octanol–water partition coefficient (Wildman–Crippen LogP) is 5.70. The van der Waals surface area contributed by atoms with Gasteiger partial charge in [-0.05, 0) is 54.6 Å². The summed E-state index contributed by atoms with van der Waals surface area (Å²) in [6.45, 7) is 0.351. The number of methoxy groups -OCH3 is 1. The van der Waals surface area contributed by atoms with E-state index in [1.54, 1.807) is 31.4 Å². The summed E-state index contributed by atoms with van der Waals surface area (Å²) in [7, 11) is 1.62. The highest BCUT2D eigenvalue weighted by Gasteiger charge is 2.12. The molecular formula is C23H18ClN3O3S. The molecule has 0 aliphatic carbocycles. The maximum atomic E-state index is 12.5. The Labute approximate surface area is 188 Å². The Kier molecular flexibility index (Phi) is 6.45. The van der Waals surface area contributed by atoms with E-state index in [9.17, 15) is 4.79 Å². The molecule has 1 N–H and O–H groups in total. The summed E-state index contributed by atoms with van der Waals surface area (Å²) in [5.41, 5.74) is 2.29. The smallest absolute Gasteiger partial charge is 0.257 e. The molecule has 8 heteroatoms. The van der Waals surface area contributed by atoms with Crippen LogP contribution in [0.1, 0.15) is 15.9 Å². The van der Waals surface area contributed by atoms with Crippen LogP contribution in [0.5, 0.6) is 11.5 Å². The molecule has 3 aromatic carbocycles. The molecule has 0 bridgehead atoms. The van der Waals surface area contributed by atoms with Gasteiger partial charge >= 0.3 is 0 Å². The number of hydrogen-bond acceptors (Lipinski definition) is 6. The summed E-state index contributed by atoms with van der Waals surface area (Å²) in [5, 5.41) is 12.8. The number of aromatic nitrogens is 2. The van der Waals surface area contributed by atoms with E-state index in [1.807, 2.05) is 48.5 Å². The van der Waals surface area contributed by atoms with Gasteiger partial charge in [0.2, 0.25) is 5.13 Å². The highest BCUT2D eigenvalue weighted by Crippen LogP contribution is 2.28. The lowest BCUT2D eigenvalue weighted by Gasteiger charge is -2.08. The quantitative estimate of drug-likeness (QED) is 0.390. The third-order valence-electron chi connectivity index (χ3n) is 4.45. The molecule has 0 atom stereocenters. The molecule has 1 heterocycles. The van der Waals surface area contributed by atoms with Crippen LogP contribution in [-0.2, 0) is 6.61 Å². The van der Waals surface area contributed by atoms with Crippen molar-refractivity contribution in [2.75, 3.05) is 12.4 Å². The fourth-order valence-electron chi connectivity index (χ4n) is 2.77. The molecule has 0 fully saturated rings. The van der Waals surface area contributed by atoms with Crippen LogP contribution in [0.25, 0.3) is 10.6 Å². The van der Waals surface area contributed by atoms with Crippen LogP contribution in [0.2, 0.25) is 5.02 Å². The van der Waals surface area contributed by atoms with Crippen molar-refractivity contribution in [3.63, 3.8) is 0 Å². The normalized spacial score (nSPS) is 10.5. The van der Waals surface area contributed by atoms with Crippen LogP contribution in [0.15, 0.2) is 72.8 Å². The van der Waals surface area contributed by atoms with Crippen molar-refractivity contribution in [1.29, 1.82) is 0 Å². The minimum absolute atomic E-state index is 0.268. The molecule has 0 radical (unpaired) electrons. The molecule has 6 nitrogen and oxygen atoms in total. The van der Waals surface area contributed by atoms with Crippen molar-refractivity contribution in [2.45, 2.75) is 6.61 Å². The van der Waals surface area contributed by atoms with E-state index < -0.39 is 0 Å². The number of nitrogens with zero attached hydrogens (tertiary/aromatic N) is 2. The van der Waals surface area contributed by atoms with Crippen LogP contribution in [-0.4, -0.2) is 23.2 Å². The zero-order chi connectivity index (χ0) is 21.6. The summed E-state index contributed by atoms with van der Waals surface area (Å²) < 4.78 is 10.9. The molecule has 0 saturated carbocycles. The summed E-state index contributed by atoms with van der Waals surface area (Å²) in [4.78, 5) is 12.5. The average Bonchev–Trinajstić information content (AvgIpc) is 3.27. The van der Waals surface area contributed by atoms with Gasteiger partial charge in [-0.1, -0.05) is 41.1 Å². The number of carbonyl (C=O) groups is 1. The number of anilines is 1. The maximum Gasteiger partial charge on any atom is 0.257 e. The van der Waals surface area contributed by atoms with E-state index in [-0.39, 0.29) is 5.91 Å². The van der Waals surface area contributed by atoms with E-state index in [0.717, 1.165) is 16.9 Å². The summed E-state index contributed by atoms with van der Waals surface area (Å²) >= 11 is 7.44. The van der Waals surface area contributed by atoms with Crippen molar-refractivity contribution in [1.82, 2.24) is 10.2 Å². The lowest BCUT2D eigenvalue weighted by molar-refractivity contribution is 0.102. The molecule has 156 valence electrons. The number of hydrogen-bond donors (Lipinski definition) is 1. The Morgan fingerprint density at radius 3 is 2.39 bits per heavy atom. The highest BCUT2D eigenvalue weighted by molar-refractivity contribution is 7.18.